The van der Waals surface area contributed by atoms with Crippen molar-refractivity contribution in [2.75, 3.05) is 11.9 Å². The van der Waals surface area contributed by atoms with E-state index in [1.807, 2.05) is 25.1 Å². The maximum atomic E-state index is 11.7. The Hall–Kier alpha value is -1.55. The van der Waals surface area contributed by atoms with E-state index in [0.717, 1.165) is 49.3 Å². The summed E-state index contributed by atoms with van der Waals surface area (Å²) in [6.45, 7) is 2.87. The molecule has 1 aromatic carbocycles. The van der Waals surface area contributed by atoms with E-state index in [-0.39, 0.29) is 24.3 Å². The standard InChI is InChI=1S/C15H18N2O2.ClH/c1-10-12(17-14-6-3-9-16-14)4-2-5-13(10)19-15(18)11-7-8-11;/h2,4-5,11H,3,6-9H2,1H3,(H,16,17);1H. The lowest BCUT2D eigenvalue weighted by Crippen LogP contribution is -2.13. The Labute approximate surface area is 125 Å². The number of carbonyl (C=O) groups is 1. The van der Waals surface area contributed by atoms with E-state index >= 15 is 0 Å². The van der Waals surface area contributed by atoms with Gasteiger partial charge in [0, 0.05) is 24.2 Å². The van der Waals surface area contributed by atoms with Gasteiger partial charge in [-0.3, -0.25) is 9.79 Å². The van der Waals surface area contributed by atoms with Gasteiger partial charge in [-0.25, -0.2) is 0 Å². The molecule has 1 N–H and O–H groups in total. The number of anilines is 1. The molecule has 0 saturated heterocycles. The van der Waals surface area contributed by atoms with Crippen LogP contribution in [0.1, 0.15) is 31.2 Å². The van der Waals surface area contributed by atoms with Crippen molar-refractivity contribution in [3.63, 3.8) is 0 Å². The van der Waals surface area contributed by atoms with E-state index < -0.39 is 0 Å². The highest BCUT2D eigenvalue weighted by Crippen LogP contribution is 2.33. The van der Waals surface area contributed by atoms with Crippen LogP contribution < -0.4 is 10.1 Å². The minimum atomic E-state index is -0.0987. The van der Waals surface area contributed by atoms with Crippen molar-refractivity contribution < 1.29 is 9.53 Å². The molecule has 1 aromatic rings. The molecular formula is C15H19ClN2O2. The summed E-state index contributed by atoms with van der Waals surface area (Å²) in [5, 5.41) is 3.33. The lowest BCUT2D eigenvalue weighted by Gasteiger charge is -2.13. The number of aliphatic imine (C=N–C) groups is 1. The van der Waals surface area contributed by atoms with Crippen LogP contribution in [0.3, 0.4) is 0 Å². The topological polar surface area (TPSA) is 50.7 Å². The van der Waals surface area contributed by atoms with Crippen molar-refractivity contribution in [3.05, 3.63) is 23.8 Å². The Bertz CT molecular complexity index is 539. The number of rotatable bonds is 3. The molecule has 4 nitrogen and oxygen atoms in total. The molecule has 20 heavy (non-hydrogen) atoms. The van der Waals surface area contributed by atoms with Gasteiger partial charge in [-0.1, -0.05) is 6.07 Å². The zero-order valence-electron chi connectivity index (χ0n) is 11.5. The van der Waals surface area contributed by atoms with Crippen LogP contribution in [0.15, 0.2) is 23.2 Å². The zero-order valence-corrected chi connectivity index (χ0v) is 12.3. The number of hydrogen-bond donors (Lipinski definition) is 1. The number of hydrogen-bond acceptors (Lipinski definition) is 4. The summed E-state index contributed by atoms with van der Waals surface area (Å²) in [5.74, 6) is 1.70. The van der Waals surface area contributed by atoms with Crippen molar-refractivity contribution >= 4 is 29.9 Å². The number of nitrogens with zero attached hydrogens (tertiary/aromatic N) is 1. The van der Waals surface area contributed by atoms with Crippen LogP contribution in [-0.2, 0) is 4.79 Å². The molecule has 0 amide bonds. The Kier molecular flexibility index (Phi) is 4.65. The molecule has 1 saturated carbocycles. The maximum absolute atomic E-state index is 11.7. The highest BCUT2D eigenvalue weighted by molar-refractivity contribution is 5.97. The minimum Gasteiger partial charge on any atom is -0.426 e. The van der Waals surface area contributed by atoms with Gasteiger partial charge < -0.3 is 10.1 Å². The normalized spacial score (nSPS) is 17.1. The lowest BCUT2D eigenvalue weighted by molar-refractivity contribution is -0.135. The van der Waals surface area contributed by atoms with E-state index in [4.69, 9.17) is 4.74 Å². The summed E-state index contributed by atoms with van der Waals surface area (Å²) in [4.78, 5) is 16.1. The van der Waals surface area contributed by atoms with Crippen LogP contribution in [0, 0.1) is 12.8 Å². The fraction of sp³-hybridized carbons (Fsp3) is 0.467. The first-order valence-corrected chi connectivity index (χ1v) is 6.85. The fourth-order valence-electron chi connectivity index (χ4n) is 2.17. The van der Waals surface area contributed by atoms with Gasteiger partial charge >= 0.3 is 5.97 Å². The van der Waals surface area contributed by atoms with Crippen LogP contribution >= 0.6 is 12.4 Å². The third-order valence-corrected chi connectivity index (χ3v) is 3.56. The summed E-state index contributed by atoms with van der Waals surface area (Å²) >= 11 is 0. The van der Waals surface area contributed by atoms with E-state index in [1.54, 1.807) is 0 Å². The van der Waals surface area contributed by atoms with Gasteiger partial charge in [0.05, 0.1) is 5.92 Å². The van der Waals surface area contributed by atoms with Gasteiger partial charge in [0.15, 0.2) is 0 Å². The molecule has 0 radical (unpaired) electrons. The first kappa shape index (κ1) is 14.9. The average Bonchev–Trinajstić information content (AvgIpc) is 3.13. The number of carbonyl (C=O) groups excluding carboxylic acids is 1. The average molecular weight is 295 g/mol. The van der Waals surface area contributed by atoms with Crippen LogP contribution in [0.2, 0.25) is 0 Å². The second-order valence-electron chi connectivity index (χ2n) is 5.18. The number of esters is 1. The van der Waals surface area contributed by atoms with Crippen LogP contribution in [-0.4, -0.2) is 18.3 Å². The fourth-order valence-corrected chi connectivity index (χ4v) is 2.17. The van der Waals surface area contributed by atoms with Crippen molar-refractivity contribution in [3.8, 4) is 5.75 Å². The molecule has 1 fully saturated rings. The van der Waals surface area contributed by atoms with E-state index in [0.29, 0.717) is 5.75 Å². The molecule has 0 bridgehead atoms. The molecule has 2 aliphatic rings. The summed E-state index contributed by atoms with van der Waals surface area (Å²) in [6, 6.07) is 5.74. The highest BCUT2D eigenvalue weighted by Gasteiger charge is 2.32. The SMILES string of the molecule is Cc1c(NC2=NCCC2)cccc1OC(=O)C1CC1.Cl. The second kappa shape index (κ2) is 6.27. The van der Waals surface area contributed by atoms with Gasteiger partial charge in [0.1, 0.15) is 11.6 Å². The van der Waals surface area contributed by atoms with Crippen molar-refractivity contribution in [1.29, 1.82) is 0 Å². The number of benzene rings is 1. The Balaban J connectivity index is 0.00000147. The smallest absolute Gasteiger partial charge is 0.314 e. The molecule has 108 valence electrons. The van der Waals surface area contributed by atoms with E-state index in [1.165, 1.54) is 0 Å². The zero-order chi connectivity index (χ0) is 13.2. The van der Waals surface area contributed by atoms with Crippen LogP contribution in [0.25, 0.3) is 0 Å². The number of halogens is 1. The van der Waals surface area contributed by atoms with Gasteiger partial charge in [0.2, 0.25) is 0 Å². The molecule has 5 heteroatoms. The van der Waals surface area contributed by atoms with Gasteiger partial charge in [0.25, 0.3) is 0 Å². The maximum Gasteiger partial charge on any atom is 0.314 e. The second-order valence-corrected chi connectivity index (χ2v) is 5.18. The lowest BCUT2D eigenvalue weighted by atomic mass is 10.1. The Morgan fingerprint density at radius 3 is 2.85 bits per heavy atom. The van der Waals surface area contributed by atoms with Gasteiger partial charge in [-0.2, -0.15) is 0 Å². The molecule has 3 rings (SSSR count). The Morgan fingerprint density at radius 2 is 2.20 bits per heavy atom. The molecule has 1 aliphatic heterocycles. The molecule has 0 aromatic heterocycles. The molecule has 1 heterocycles. The summed E-state index contributed by atoms with van der Waals surface area (Å²) in [6.07, 6.45) is 4.03. The molecule has 0 spiro atoms. The van der Waals surface area contributed by atoms with E-state index in [9.17, 15) is 4.79 Å². The minimum absolute atomic E-state index is 0. The van der Waals surface area contributed by atoms with Crippen LogP contribution in [0.4, 0.5) is 5.69 Å². The first-order chi connectivity index (χ1) is 9.24. The number of ether oxygens (including phenoxy) is 1. The summed E-state index contributed by atoms with van der Waals surface area (Å²) < 4.78 is 5.46. The molecule has 1 aliphatic carbocycles. The first-order valence-electron chi connectivity index (χ1n) is 6.85. The van der Waals surface area contributed by atoms with Crippen molar-refractivity contribution in [2.24, 2.45) is 10.9 Å². The van der Waals surface area contributed by atoms with Gasteiger partial charge in [-0.05, 0) is 38.3 Å². The molecule has 0 unspecified atom stereocenters. The van der Waals surface area contributed by atoms with Crippen LogP contribution in [0.5, 0.6) is 5.75 Å². The largest absolute Gasteiger partial charge is 0.426 e. The highest BCUT2D eigenvalue weighted by atomic mass is 35.5. The third kappa shape index (κ3) is 3.31. The number of nitrogens with one attached hydrogen (secondary N) is 1. The molecular weight excluding hydrogens is 276 g/mol. The summed E-state index contributed by atoms with van der Waals surface area (Å²) in [7, 11) is 0. The van der Waals surface area contributed by atoms with Gasteiger partial charge in [-0.15, -0.1) is 12.4 Å². The Morgan fingerprint density at radius 1 is 1.40 bits per heavy atom. The van der Waals surface area contributed by atoms with Crippen molar-refractivity contribution in [2.45, 2.75) is 32.6 Å². The molecule has 0 atom stereocenters. The predicted octanol–water partition coefficient (Wildman–Crippen LogP) is 3.34. The number of amidine groups is 1. The predicted molar refractivity (Wildman–Crippen MR) is 81.9 cm³/mol. The third-order valence-electron chi connectivity index (χ3n) is 3.56. The van der Waals surface area contributed by atoms with E-state index in [2.05, 4.69) is 10.3 Å². The monoisotopic (exact) mass is 294 g/mol. The van der Waals surface area contributed by atoms with Crippen molar-refractivity contribution in [1.82, 2.24) is 0 Å². The quantitative estimate of drug-likeness (QED) is 0.687. The summed E-state index contributed by atoms with van der Waals surface area (Å²) in [5.41, 5.74) is 1.94.